The third kappa shape index (κ3) is 4.31. The molecule has 0 saturated carbocycles. The Hall–Kier alpha value is -3.55. The summed E-state index contributed by atoms with van der Waals surface area (Å²) in [6, 6.07) is 11.1. The molecule has 8 heteroatoms. The molecule has 2 amide bonds. The predicted octanol–water partition coefficient (Wildman–Crippen LogP) is 2.93. The van der Waals surface area contributed by atoms with Gasteiger partial charge in [0.15, 0.2) is 5.60 Å². The van der Waals surface area contributed by atoms with Crippen LogP contribution in [0.1, 0.15) is 31.1 Å². The Morgan fingerprint density at radius 3 is 2.48 bits per heavy atom. The third-order valence-corrected chi connectivity index (χ3v) is 4.37. The van der Waals surface area contributed by atoms with Gasteiger partial charge in [0.2, 0.25) is 5.91 Å². The van der Waals surface area contributed by atoms with Crippen molar-refractivity contribution >= 4 is 29.2 Å². The van der Waals surface area contributed by atoms with E-state index in [1.54, 1.807) is 38.1 Å². The zero-order chi connectivity index (χ0) is 21.2. The molecule has 0 aromatic heterocycles. The third-order valence-electron chi connectivity index (χ3n) is 4.37. The first-order valence-electron chi connectivity index (χ1n) is 9.12. The molecule has 0 radical (unpaired) electrons. The zero-order valence-corrected chi connectivity index (χ0v) is 16.4. The summed E-state index contributed by atoms with van der Waals surface area (Å²) in [6.07, 6.45) is 0. The molecule has 2 N–H and O–H groups in total. The molecule has 2 aromatic rings. The summed E-state index contributed by atoms with van der Waals surface area (Å²) in [7, 11) is 0. The molecular formula is C21H22N2O6. The summed E-state index contributed by atoms with van der Waals surface area (Å²) >= 11 is 0. The van der Waals surface area contributed by atoms with Crippen LogP contribution < -0.4 is 19.7 Å². The Balaban J connectivity index is 1.83. The van der Waals surface area contributed by atoms with E-state index < -0.39 is 23.4 Å². The molecule has 0 unspecified atom stereocenters. The van der Waals surface area contributed by atoms with Gasteiger partial charge in [0.05, 0.1) is 17.9 Å². The van der Waals surface area contributed by atoms with E-state index in [2.05, 4.69) is 5.32 Å². The van der Waals surface area contributed by atoms with Gasteiger partial charge < -0.3 is 19.9 Å². The summed E-state index contributed by atoms with van der Waals surface area (Å²) in [5.41, 5.74) is -0.386. The van der Waals surface area contributed by atoms with Crippen molar-refractivity contribution in [2.45, 2.75) is 26.4 Å². The molecule has 1 heterocycles. The van der Waals surface area contributed by atoms with Gasteiger partial charge in [0.1, 0.15) is 18.0 Å². The van der Waals surface area contributed by atoms with E-state index in [4.69, 9.17) is 9.47 Å². The van der Waals surface area contributed by atoms with Crippen LogP contribution in [0.5, 0.6) is 11.5 Å². The van der Waals surface area contributed by atoms with Crippen LogP contribution in [-0.2, 0) is 9.59 Å². The molecule has 0 bridgehead atoms. The minimum atomic E-state index is -1.18. The van der Waals surface area contributed by atoms with E-state index in [0.29, 0.717) is 23.8 Å². The van der Waals surface area contributed by atoms with Crippen LogP contribution >= 0.6 is 0 Å². The smallest absolute Gasteiger partial charge is 0.335 e. The van der Waals surface area contributed by atoms with Crippen molar-refractivity contribution in [3.05, 3.63) is 48.0 Å². The van der Waals surface area contributed by atoms with Gasteiger partial charge in [-0.15, -0.1) is 0 Å². The summed E-state index contributed by atoms with van der Waals surface area (Å²) in [5, 5.41) is 12.0. The maximum absolute atomic E-state index is 12.9. The monoisotopic (exact) mass is 398 g/mol. The quantitative estimate of drug-likeness (QED) is 0.775. The largest absolute Gasteiger partial charge is 0.494 e. The van der Waals surface area contributed by atoms with Crippen molar-refractivity contribution in [3.8, 4) is 11.5 Å². The molecule has 29 heavy (non-hydrogen) atoms. The topological polar surface area (TPSA) is 105 Å². The number of nitrogens with one attached hydrogen (secondary N) is 1. The Bertz CT molecular complexity index is 952. The Morgan fingerprint density at radius 1 is 1.17 bits per heavy atom. The highest BCUT2D eigenvalue weighted by molar-refractivity contribution is 6.08. The fraction of sp³-hybridized carbons (Fsp3) is 0.286. The number of amides is 2. The van der Waals surface area contributed by atoms with Crippen LogP contribution in [0.4, 0.5) is 11.4 Å². The Labute approximate surface area is 168 Å². The molecule has 0 atom stereocenters. The molecular weight excluding hydrogens is 376 g/mol. The number of nitrogens with zero attached hydrogens (tertiary/aromatic N) is 1. The number of fused-ring (bicyclic) bond motifs is 1. The molecule has 2 aromatic carbocycles. The summed E-state index contributed by atoms with van der Waals surface area (Å²) in [4.78, 5) is 38.0. The van der Waals surface area contributed by atoms with Crippen molar-refractivity contribution in [2.24, 2.45) is 0 Å². The van der Waals surface area contributed by atoms with Crippen LogP contribution in [0.2, 0.25) is 0 Å². The maximum Gasteiger partial charge on any atom is 0.335 e. The average molecular weight is 398 g/mol. The van der Waals surface area contributed by atoms with Gasteiger partial charge in [-0.3, -0.25) is 14.5 Å². The normalized spacial score (nSPS) is 14.6. The molecule has 0 fully saturated rings. The standard InChI is InChI=1S/C21H22N2O6/c1-4-28-15-8-6-14(7-9-15)22-18(24)12-23-16-11-13(19(25)26)5-10-17(16)29-21(2,3)20(23)27/h5-11H,4,12H2,1-3H3,(H,22,24)(H,25,26). The number of carbonyl (C=O) groups is 3. The van der Waals surface area contributed by atoms with Gasteiger partial charge in [-0.1, -0.05) is 0 Å². The van der Waals surface area contributed by atoms with E-state index in [-0.39, 0.29) is 17.8 Å². The lowest BCUT2D eigenvalue weighted by molar-refractivity contribution is -0.133. The number of hydrogen-bond donors (Lipinski definition) is 2. The SMILES string of the molecule is CCOc1ccc(NC(=O)CN2C(=O)C(C)(C)Oc3ccc(C(=O)O)cc32)cc1. The lowest BCUT2D eigenvalue weighted by Gasteiger charge is -2.38. The van der Waals surface area contributed by atoms with E-state index >= 15 is 0 Å². The van der Waals surface area contributed by atoms with Gasteiger partial charge in [-0.2, -0.15) is 0 Å². The second-order valence-electron chi connectivity index (χ2n) is 7.00. The van der Waals surface area contributed by atoms with Crippen LogP contribution in [-0.4, -0.2) is 41.6 Å². The Kier molecular flexibility index (Phi) is 5.45. The van der Waals surface area contributed by atoms with Crippen LogP contribution in [0.25, 0.3) is 0 Å². The molecule has 8 nitrogen and oxygen atoms in total. The van der Waals surface area contributed by atoms with Crippen molar-refractivity contribution in [3.63, 3.8) is 0 Å². The number of benzene rings is 2. The number of anilines is 2. The highest BCUT2D eigenvalue weighted by atomic mass is 16.5. The van der Waals surface area contributed by atoms with Gasteiger partial charge >= 0.3 is 5.97 Å². The lowest BCUT2D eigenvalue weighted by Crippen LogP contribution is -2.54. The van der Waals surface area contributed by atoms with Crippen molar-refractivity contribution in [1.82, 2.24) is 0 Å². The van der Waals surface area contributed by atoms with Crippen molar-refractivity contribution < 1.29 is 29.0 Å². The van der Waals surface area contributed by atoms with E-state index in [1.165, 1.54) is 23.1 Å². The fourth-order valence-corrected chi connectivity index (χ4v) is 3.00. The van der Waals surface area contributed by atoms with E-state index in [1.807, 2.05) is 6.92 Å². The number of ether oxygens (including phenoxy) is 2. The van der Waals surface area contributed by atoms with E-state index in [9.17, 15) is 19.5 Å². The van der Waals surface area contributed by atoms with Crippen molar-refractivity contribution in [2.75, 3.05) is 23.4 Å². The number of aromatic carboxylic acids is 1. The minimum Gasteiger partial charge on any atom is -0.494 e. The molecule has 0 saturated heterocycles. The summed E-state index contributed by atoms with van der Waals surface area (Å²) in [5.74, 6) is -0.968. The number of carboxylic acids is 1. The van der Waals surface area contributed by atoms with Crippen LogP contribution in [0.15, 0.2) is 42.5 Å². The lowest BCUT2D eigenvalue weighted by atomic mass is 10.0. The first-order chi connectivity index (χ1) is 13.7. The first-order valence-corrected chi connectivity index (χ1v) is 9.12. The Morgan fingerprint density at radius 2 is 1.86 bits per heavy atom. The number of carboxylic acid groups (broad SMARTS) is 1. The van der Waals surface area contributed by atoms with E-state index in [0.717, 1.165) is 0 Å². The maximum atomic E-state index is 12.9. The van der Waals surface area contributed by atoms with Gasteiger partial charge in [-0.25, -0.2) is 4.79 Å². The number of hydrogen-bond acceptors (Lipinski definition) is 5. The first kappa shape index (κ1) is 20.2. The van der Waals surface area contributed by atoms with Gasteiger partial charge in [0.25, 0.3) is 5.91 Å². The highest BCUT2D eigenvalue weighted by Crippen LogP contribution is 2.38. The number of rotatable bonds is 6. The molecule has 3 rings (SSSR count). The van der Waals surface area contributed by atoms with Gasteiger partial charge in [-0.05, 0) is 63.2 Å². The number of carbonyl (C=O) groups excluding carboxylic acids is 2. The fourth-order valence-electron chi connectivity index (χ4n) is 3.00. The minimum absolute atomic E-state index is 0.00298. The molecule has 1 aliphatic rings. The molecule has 1 aliphatic heterocycles. The second kappa shape index (κ2) is 7.83. The molecule has 152 valence electrons. The molecule has 0 aliphatic carbocycles. The summed E-state index contributed by atoms with van der Waals surface area (Å²) < 4.78 is 11.1. The highest BCUT2D eigenvalue weighted by Gasteiger charge is 2.41. The summed E-state index contributed by atoms with van der Waals surface area (Å²) in [6.45, 7) is 5.33. The van der Waals surface area contributed by atoms with Crippen LogP contribution in [0.3, 0.4) is 0 Å². The zero-order valence-electron chi connectivity index (χ0n) is 16.4. The van der Waals surface area contributed by atoms with Crippen molar-refractivity contribution in [1.29, 1.82) is 0 Å². The second-order valence-corrected chi connectivity index (χ2v) is 7.00. The van der Waals surface area contributed by atoms with Gasteiger partial charge in [0, 0.05) is 5.69 Å². The predicted molar refractivity (Wildman–Crippen MR) is 107 cm³/mol. The molecule has 0 spiro atoms. The average Bonchev–Trinajstić information content (AvgIpc) is 2.66. The van der Waals surface area contributed by atoms with Crippen LogP contribution in [0, 0.1) is 0 Å².